The zero-order valence-corrected chi connectivity index (χ0v) is 15.9. The topological polar surface area (TPSA) is 72.0 Å². The number of rotatable bonds is 4. The Morgan fingerprint density at radius 1 is 1.25 bits per heavy atom. The first-order valence-electron chi connectivity index (χ1n) is 8.93. The second kappa shape index (κ2) is 8.79. The molecule has 1 fully saturated rings. The van der Waals surface area contributed by atoms with E-state index in [0.717, 1.165) is 5.56 Å². The zero-order valence-electron chi connectivity index (χ0n) is 15.9. The van der Waals surface area contributed by atoms with Crippen LogP contribution >= 0.6 is 0 Å². The third-order valence-electron chi connectivity index (χ3n) is 4.47. The largest absolute Gasteiger partial charge is 0.465 e. The van der Waals surface area contributed by atoms with Crippen molar-refractivity contribution in [2.24, 2.45) is 0 Å². The van der Waals surface area contributed by atoms with E-state index in [1.165, 1.54) is 24.3 Å². The molecule has 148 valence electrons. The second-order valence-electron chi connectivity index (χ2n) is 6.45. The Bertz CT molecular complexity index is 851. The summed E-state index contributed by atoms with van der Waals surface area (Å²) in [5, 5.41) is 0. The minimum atomic E-state index is -0.495. The van der Waals surface area contributed by atoms with Crippen LogP contribution in [0.4, 0.5) is 14.9 Å². The van der Waals surface area contributed by atoms with Crippen molar-refractivity contribution in [3.63, 3.8) is 0 Å². The molecule has 0 atom stereocenters. The zero-order chi connectivity index (χ0) is 20.1. The van der Waals surface area contributed by atoms with E-state index in [1.807, 2.05) is 0 Å². The van der Waals surface area contributed by atoms with Gasteiger partial charge in [0.2, 0.25) is 0 Å². The number of methoxy groups -OCH3 is 1. The summed E-state index contributed by atoms with van der Waals surface area (Å²) in [5.41, 5.74) is 1.77. The van der Waals surface area contributed by atoms with E-state index in [-0.39, 0.29) is 18.3 Å². The lowest BCUT2D eigenvalue weighted by molar-refractivity contribution is 0.0547. The van der Waals surface area contributed by atoms with E-state index in [2.05, 4.69) is 9.72 Å². The number of carbonyl (C=O) groups excluding carboxylic acids is 2. The highest BCUT2D eigenvalue weighted by Gasteiger charge is 2.26. The molecule has 1 aromatic heterocycles. The Labute approximate surface area is 162 Å². The summed E-state index contributed by atoms with van der Waals surface area (Å²) >= 11 is 0. The quantitative estimate of drug-likeness (QED) is 0.755. The average Bonchev–Trinajstić information content (AvgIpc) is 2.72. The summed E-state index contributed by atoms with van der Waals surface area (Å²) in [7, 11) is 1.29. The SMILES string of the molecule is COC(=O)c1ccc(CN(C(=O)N2CCOCC2)c2ccc(C)cc2F)nc1. The first-order valence-corrected chi connectivity index (χ1v) is 8.93. The summed E-state index contributed by atoms with van der Waals surface area (Å²) in [6, 6.07) is 7.61. The predicted octanol–water partition coefficient (Wildman–Crippen LogP) is 2.77. The number of hydrogen-bond acceptors (Lipinski definition) is 5. The molecule has 0 radical (unpaired) electrons. The highest BCUT2D eigenvalue weighted by molar-refractivity contribution is 5.92. The van der Waals surface area contributed by atoms with Gasteiger partial charge in [0.25, 0.3) is 0 Å². The molecule has 7 nitrogen and oxygen atoms in total. The maximum atomic E-state index is 14.6. The minimum absolute atomic E-state index is 0.0671. The maximum Gasteiger partial charge on any atom is 0.339 e. The summed E-state index contributed by atoms with van der Waals surface area (Å²) < 4.78 is 24.6. The molecule has 0 bridgehead atoms. The van der Waals surface area contributed by atoms with Gasteiger partial charge in [0.05, 0.1) is 43.8 Å². The van der Waals surface area contributed by atoms with E-state index < -0.39 is 11.8 Å². The molecule has 1 aliphatic heterocycles. The van der Waals surface area contributed by atoms with E-state index in [0.29, 0.717) is 37.6 Å². The van der Waals surface area contributed by atoms with Crippen LogP contribution in [0.25, 0.3) is 0 Å². The molecule has 0 spiro atoms. The predicted molar refractivity (Wildman–Crippen MR) is 101 cm³/mol. The molecule has 28 heavy (non-hydrogen) atoms. The number of aromatic nitrogens is 1. The fraction of sp³-hybridized carbons (Fsp3) is 0.350. The lowest BCUT2D eigenvalue weighted by Gasteiger charge is -2.33. The van der Waals surface area contributed by atoms with Crippen molar-refractivity contribution in [2.75, 3.05) is 38.3 Å². The van der Waals surface area contributed by atoms with Gasteiger partial charge in [-0.05, 0) is 36.8 Å². The molecular formula is C20H22FN3O4. The van der Waals surface area contributed by atoms with Crippen LogP contribution in [-0.4, -0.2) is 55.3 Å². The smallest absolute Gasteiger partial charge is 0.339 e. The van der Waals surface area contributed by atoms with Crippen LogP contribution in [0, 0.1) is 12.7 Å². The van der Waals surface area contributed by atoms with Crippen LogP contribution in [0.15, 0.2) is 36.5 Å². The van der Waals surface area contributed by atoms with Gasteiger partial charge in [-0.3, -0.25) is 9.88 Å². The van der Waals surface area contributed by atoms with Crippen molar-refractivity contribution in [1.29, 1.82) is 0 Å². The van der Waals surface area contributed by atoms with Crippen molar-refractivity contribution >= 4 is 17.7 Å². The van der Waals surface area contributed by atoms with Gasteiger partial charge in [0, 0.05) is 19.3 Å². The van der Waals surface area contributed by atoms with Gasteiger partial charge in [0.15, 0.2) is 0 Å². The summed E-state index contributed by atoms with van der Waals surface area (Å²) in [4.78, 5) is 31.9. The molecule has 3 rings (SSSR count). The summed E-state index contributed by atoms with van der Waals surface area (Å²) in [6.45, 7) is 3.63. The highest BCUT2D eigenvalue weighted by Crippen LogP contribution is 2.24. The number of urea groups is 1. The average molecular weight is 387 g/mol. The van der Waals surface area contributed by atoms with Gasteiger partial charge in [-0.25, -0.2) is 14.0 Å². The number of halogens is 1. The summed E-state index contributed by atoms with van der Waals surface area (Å²) in [6.07, 6.45) is 1.38. The molecular weight excluding hydrogens is 365 g/mol. The second-order valence-corrected chi connectivity index (χ2v) is 6.45. The Hall–Kier alpha value is -3.00. The molecule has 2 aromatic rings. The van der Waals surface area contributed by atoms with Gasteiger partial charge in [-0.15, -0.1) is 0 Å². The van der Waals surface area contributed by atoms with E-state index in [1.54, 1.807) is 36.1 Å². The van der Waals surface area contributed by atoms with Crippen LogP contribution < -0.4 is 4.90 Å². The lowest BCUT2D eigenvalue weighted by atomic mass is 10.2. The van der Waals surface area contributed by atoms with Gasteiger partial charge >= 0.3 is 12.0 Å². The Kier molecular flexibility index (Phi) is 6.20. The first kappa shape index (κ1) is 19.8. The van der Waals surface area contributed by atoms with E-state index in [4.69, 9.17) is 4.74 Å². The number of anilines is 1. The number of ether oxygens (including phenoxy) is 2. The maximum absolute atomic E-state index is 14.6. The lowest BCUT2D eigenvalue weighted by Crippen LogP contribution is -2.48. The van der Waals surface area contributed by atoms with Crippen molar-refractivity contribution in [3.8, 4) is 0 Å². The minimum Gasteiger partial charge on any atom is -0.465 e. The fourth-order valence-electron chi connectivity index (χ4n) is 2.93. The molecule has 2 heterocycles. The van der Waals surface area contributed by atoms with Gasteiger partial charge < -0.3 is 14.4 Å². The number of pyridine rings is 1. The molecule has 0 N–H and O–H groups in total. The van der Waals surface area contributed by atoms with Gasteiger partial charge in [-0.1, -0.05) is 6.07 Å². The molecule has 2 amide bonds. The number of carbonyl (C=O) groups is 2. The van der Waals surface area contributed by atoms with Crippen LogP contribution in [0.3, 0.4) is 0 Å². The monoisotopic (exact) mass is 387 g/mol. The summed E-state index contributed by atoms with van der Waals surface area (Å²) in [5.74, 6) is -0.974. The van der Waals surface area contributed by atoms with Crippen LogP contribution in [0.2, 0.25) is 0 Å². The van der Waals surface area contributed by atoms with Crippen LogP contribution in [0.5, 0.6) is 0 Å². The Morgan fingerprint density at radius 3 is 2.61 bits per heavy atom. The number of aryl methyl sites for hydroxylation is 1. The highest BCUT2D eigenvalue weighted by atomic mass is 19.1. The first-order chi connectivity index (χ1) is 13.5. The Balaban J connectivity index is 1.89. The molecule has 8 heteroatoms. The third-order valence-corrected chi connectivity index (χ3v) is 4.47. The van der Waals surface area contributed by atoms with Gasteiger partial charge in [-0.2, -0.15) is 0 Å². The van der Waals surface area contributed by atoms with Crippen molar-refractivity contribution < 1.29 is 23.5 Å². The normalized spacial score (nSPS) is 13.9. The number of nitrogens with zero attached hydrogens (tertiary/aromatic N) is 3. The van der Waals surface area contributed by atoms with Crippen LogP contribution in [-0.2, 0) is 16.0 Å². The van der Waals surface area contributed by atoms with Crippen molar-refractivity contribution in [2.45, 2.75) is 13.5 Å². The molecule has 0 unspecified atom stereocenters. The molecule has 1 aliphatic rings. The molecule has 1 aromatic carbocycles. The van der Waals surface area contributed by atoms with Crippen LogP contribution in [0.1, 0.15) is 21.6 Å². The number of morpholine rings is 1. The van der Waals surface area contributed by atoms with Crippen molar-refractivity contribution in [1.82, 2.24) is 9.88 Å². The van der Waals surface area contributed by atoms with E-state index >= 15 is 0 Å². The molecule has 1 saturated heterocycles. The third kappa shape index (κ3) is 4.45. The molecule has 0 aliphatic carbocycles. The number of benzene rings is 1. The number of amides is 2. The number of esters is 1. The van der Waals surface area contributed by atoms with Gasteiger partial charge in [0.1, 0.15) is 5.82 Å². The number of hydrogen-bond donors (Lipinski definition) is 0. The Morgan fingerprint density at radius 2 is 2.00 bits per heavy atom. The molecule has 0 saturated carbocycles. The fourth-order valence-corrected chi connectivity index (χ4v) is 2.93. The van der Waals surface area contributed by atoms with E-state index in [9.17, 15) is 14.0 Å². The standard InChI is InChI=1S/C20H22FN3O4/c1-14-3-6-18(17(21)11-14)24(20(26)23-7-9-28-10-8-23)13-16-5-4-15(12-22-16)19(25)27-2/h3-6,11-12H,7-10,13H2,1-2H3. The van der Waals surface area contributed by atoms with Crippen molar-refractivity contribution in [3.05, 3.63) is 59.2 Å².